The van der Waals surface area contributed by atoms with E-state index in [4.69, 9.17) is 9.97 Å². The Labute approximate surface area is 298 Å². The molecule has 0 fully saturated rings. The van der Waals surface area contributed by atoms with E-state index in [-0.39, 0.29) is 5.41 Å². The maximum absolute atomic E-state index is 5.20. The van der Waals surface area contributed by atoms with E-state index in [9.17, 15) is 0 Å². The number of rotatable bonds is 5. The van der Waals surface area contributed by atoms with E-state index in [2.05, 4.69) is 194 Å². The molecule has 51 heavy (non-hydrogen) atoms. The Morgan fingerprint density at radius 1 is 0.510 bits per heavy atom. The summed E-state index contributed by atoms with van der Waals surface area (Å²) < 4.78 is 2.21. The fraction of sp³-hybridized carbons (Fsp3) is 0.0417. The van der Waals surface area contributed by atoms with Gasteiger partial charge >= 0.3 is 0 Å². The van der Waals surface area contributed by atoms with Gasteiger partial charge in [0.2, 0.25) is 5.95 Å². The average molecular weight is 654 g/mol. The van der Waals surface area contributed by atoms with E-state index >= 15 is 0 Å². The Balaban J connectivity index is 1.21. The van der Waals surface area contributed by atoms with E-state index in [1.807, 2.05) is 12.1 Å². The normalized spacial score (nSPS) is 15.6. The molecule has 0 aliphatic heterocycles. The lowest BCUT2D eigenvalue weighted by molar-refractivity contribution is 0.722. The van der Waals surface area contributed by atoms with Crippen molar-refractivity contribution in [2.75, 3.05) is 0 Å². The summed E-state index contributed by atoms with van der Waals surface area (Å²) in [7, 11) is 0. The molecule has 0 saturated carbocycles. The van der Waals surface area contributed by atoms with Gasteiger partial charge in [0.1, 0.15) is 0 Å². The Hall–Kier alpha value is -6.58. The van der Waals surface area contributed by atoms with Gasteiger partial charge in [-0.15, -0.1) is 0 Å². The van der Waals surface area contributed by atoms with Gasteiger partial charge in [-0.25, -0.2) is 9.97 Å². The van der Waals surface area contributed by atoms with Crippen molar-refractivity contribution in [3.05, 3.63) is 210 Å². The minimum atomic E-state index is -0.279. The van der Waals surface area contributed by atoms with Crippen LogP contribution < -0.4 is 0 Å². The van der Waals surface area contributed by atoms with Crippen LogP contribution in [0.5, 0.6) is 0 Å². The Morgan fingerprint density at radius 2 is 1.12 bits per heavy atom. The van der Waals surface area contributed by atoms with Crippen molar-refractivity contribution in [3.8, 4) is 28.5 Å². The van der Waals surface area contributed by atoms with Crippen LogP contribution in [-0.2, 0) is 5.41 Å². The highest BCUT2D eigenvalue weighted by molar-refractivity contribution is 6.10. The van der Waals surface area contributed by atoms with Gasteiger partial charge in [-0.3, -0.25) is 4.57 Å². The molecule has 6 aromatic carbocycles. The fourth-order valence-electron chi connectivity index (χ4n) is 7.43. The molecular weight excluding hydrogens is 619 g/mol. The molecule has 0 N–H and O–H groups in total. The number of aromatic nitrogens is 3. The second-order valence-electron chi connectivity index (χ2n) is 13.2. The molecular formula is C48H35N3. The molecule has 2 heterocycles. The van der Waals surface area contributed by atoms with E-state index in [1.54, 1.807) is 0 Å². The maximum atomic E-state index is 5.20. The summed E-state index contributed by atoms with van der Waals surface area (Å²) in [5.74, 6) is 0.649. The number of hydrogen-bond acceptors (Lipinski definition) is 2. The Kier molecular flexibility index (Phi) is 7.59. The quantitative estimate of drug-likeness (QED) is 0.185. The molecule has 0 saturated heterocycles. The standard InChI is InChI=1S/C48H35N3/c1-48(39-22-9-4-10-23-39)31-15-21-34(27-28-35-16-11-13-25-42(35)48)38-29-30-46-41(32-38)40-24-12-14-26-45(40)51(46)47-49-43(36-17-5-2-6-18-36)33-44(50-47)37-19-7-3-8-20-37/h2-33H,1H3. The predicted molar refractivity (Wildman–Crippen MR) is 213 cm³/mol. The summed E-state index contributed by atoms with van der Waals surface area (Å²) in [6.07, 6.45) is 11.3. The van der Waals surface area contributed by atoms with E-state index in [0.717, 1.165) is 55.5 Å². The lowest BCUT2D eigenvalue weighted by Gasteiger charge is -2.29. The third kappa shape index (κ3) is 5.50. The number of hydrogen-bond donors (Lipinski definition) is 0. The zero-order chi connectivity index (χ0) is 34.2. The van der Waals surface area contributed by atoms with Crippen LogP contribution in [0.3, 0.4) is 0 Å². The number of para-hydroxylation sites is 1. The molecule has 8 aromatic rings. The van der Waals surface area contributed by atoms with Crippen LogP contribution in [0.2, 0.25) is 0 Å². The summed E-state index contributed by atoms with van der Waals surface area (Å²) in [6.45, 7) is 2.31. The monoisotopic (exact) mass is 653 g/mol. The first-order valence-corrected chi connectivity index (χ1v) is 17.4. The molecule has 1 aliphatic rings. The molecule has 3 heteroatoms. The topological polar surface area (TPSA) is 30.7 Å². The van der Waals surface area contributed by atoms with Gasteiger partial charge in [-0.2, -0.15) is 0 Å². The van der Waals surface area contributed by atoms with Crippen molar-refractivity contribution in [1.29, 1.82) is 0 Å². The molecule has 9 rings (SSSR count). The van der Waals surface area contributed by atoms with Crippen molar-refractivity contribution in [3.63, 3.8) is 0 Å². The van der Waals surface area contributed by atoms with Gasteiger partial charge < -0.3 is 0 Å². The number of benzene rings is 6. The number of nitrogens with zero attached hydrogens (tertiary/aromatic N) is 3. The SMILES string of the molecule is CC1(c2ccccc2)C=CC=C(c2ccc3c(c2)c2ccccc2n3-c2nc(-c3ccccc3)cc(-c3ccccc3)n2)C=Cc2ccccc21. The van der Waals surface area contributed by atoms with E-state index in [1.165, 1.54) is 16.7 Å². The van der Waals surface area contributed by atoms with Crippen LogP contribution >= 0.6 is 0 Å². The third-order valence-electron chi connectivity index (χ3n) is 10.1. The van der Waals surface area contributed by atoms with Crippen molar-refractivity contribution < 1.29 is 0 Å². The van der Waals surface area contributed by atoms with Crippen LogP contribution in [0.25, 0.3) is 61.9 Å². The van der Waals surface area contributed by atoms with Crippen molar-refractivity contribution in [2.24, 2.45) is 0 Å². The van der Waals surface area contributed by atoms with Crippen molar-refractivity contribution in [2.45, 2.75) is 12.3 Å². The predicted octanol–water partition coefficient (Wildman–Crippen LogP) is 11.9. The minimum Gasteiger partial charge on any atom is -0.278 e. The van der Waals surface area contributed by atoms with Gasteiger partial charge in [0, 0.05) is 27.3 Å². The summed E-state index contributed by atoms with van der Waals surface area (Å²) in [5, 5.41) is 2.32. The summed E-state index contributed by atoms with van der Waals surface area (Å²) >= 11 is 0. The molecule has 0 bridgehead atoms. The van der Waals surface area contributed by atoms with E-state index in [0.29, 0.717) is 5.95 Å². The second kappa shape index (κ2) is 12.7. The molecule has 0 spiro atoms. The third-order valence-corrected chi connectivity index (χ3v) is 10.1. The molecule has 0 radical (unpaired) electrons. The van der Waals surface area contributed by atoms with Gasteiger partial charge in [-0.1, -0.05) is 170 Å². The zero-order valence-electron chi connectivity index (χ0n) is 28.3. The van der Waals surface area contributed by atoms with Crippen molar-refractivity contribution in [1.82, 2.24) is 14.5 Å². The van der Waals surface area contributed by atoms with Crippen LogP contribution in [0.15, 0.2) is 188 Å². The fourth-order valence-corrected chi connectivity index (χ4v) is 7.43. The highest BCUT2D eigenvalue weighted by atomic mass is 15.2. The molecule has 1 aliphatic carbocycles. The largest absolute Gasteiger partial charge is 0.278 e. The zero-order valence-corrected chi connectivity index (χ0v) is 28.3. The lowest BCUT2D eigenvalue weighted by atomic mass is 9.74. The molecule has 3 nitrogen and oxygen atoms in total. The van der Waals surface area contributed by atoms with Crippen LogP contribution in [0.1, 0.15) is 29.2 Å². The minimum absolute atomic E-state index is 0.279. The smallest absolute Gasteiger partial charge is 0.235 e. The Bertz CT molecular complexity index is 2570. The summed E-state index contributed by atoms with van der Waals surface area (Å²) in [6, 6.07) is 57.6. The number of fused-ring (bicyclic) bond motifs is 4. The molecule has 242 valence electrons. The van der Waals surface area contributed by atoms with Gasteiger partial charge in [-0.05, 0) is 59.0 Å². The molecule has 0 amide bonds. The first-order chi connectivity index (χ1) is 25.2. The average Bonchev–Trinajstić information content (AvgIpc) is 3.56. The van der Waals surface area contributed by atoms with Crippen molar-refractivity contribution >= 4 is 33.5 Å². The summed E-state index contributed by atoms with van der Waals surface area (Å²) in [5.41, 5.74) is 11.8. The highest BCUT2D eigenvalue weighted by Gasteiger charge is 2.28. The van der Waals surface area contributed by atoms with Gasteiger partial charge in [0.25, 0.3) is 0 Å². The first-order valence-electron chi connectivity index (χ1n) is 17.4. The highest BCUT2D eigenvalue weighted by Crippen LogP contribution is 2.39. The molecule has 1 unspecified atom stereocenters. The van der Waals surface area contributed by atoms with E-state index < -0.39 is 0 Å². The van der Waals surface area contributed by atoms with Gasteiger partial charge in [0.05, 0.1) is 22.4 Å². The maximum Gasteiger partial charge on any atom is 0.235 e. The van der Waals surface area contributed by atoms with Crippen LogP contribution in [0.4, 0.5) is 0 Å². The van der Waals surface area contributed by atoms with Gasteiger partial charge in [0.15, 0.2) is 0 Å². The summed E-state index contributed by atoms with van der Waals surface area (Å²) in [4.78, 5) is 10.4. The Morgan fingerprint density at radius 3 is 1.84 bits per heavy atom. The second-order valence-corrected chi connectivity index (χ2v) is 13.2. The molecule has 1 atom stereocenters. The lowest BCUT2D eigenvalue weighted by Crippen LogP contribution is -2.21. The van der Waals surface area contributed by atoms with Crippen LogP contribution in [0, 0.1) is 0 Å². The van der Waals surface area contributed by atoms with Crippen LogP contribution in [-0.4, -0.2) is 14.5 Å². The molecule has 2 aromatic heterocycles. The first kappa shape index (κ1) is 30.5. The number of allylic oxidation sites excluding steroid dienone is 5.